The fourth-order valence-electron chi connectivity index (χ4n) is 2.53. The minimum atomic E-state index is -0.00210. The summed E-state index contributed by atoms with van der Waals surface area (Å²) in [5.74, 6) is 1.56. The number of fused-ring (bicyclic) bond motifs is 1. The minimum absolute atomic E-state index is 0.00210. The Morgan fingerprint density at radius 1 is 1.23 bits per heavy atom. The van der Waals surface area contributed by atoms with Crippen molar-refractivity contribution in [3.05, 3.63) is 45.6 Å². The zero-order chi connectivity index (χ0) is 15.4. The van der Waals surface area contributed by atoms with Gasteiger partial charge in [0.05, 0.1) is 18.5 Å². The van der Waals surface area contributed by atoms with Crippen LogP contribution in [0.5, 0.6) is 11.5 Å². The van der Waals surface area contributed by atoms with Crippen LogP contribution in [0.2, 0.25) is 0 Å². The summed E-state index contributed by atoms with van der Waals surface area (Å²) >= 11 is 1.62. The highest BCUT2D eigenvalue weighted by Gasteiger charge is 2.18. The molecule has 5 heteroatoms. The lowest BCUT2D eigenvalue weighted by atomic mass is 10.2. The lowest BCUT2D eigenvalue weighted by Gasteiger charge is -2.07. The molecule has 4 nitrogen and oxygen atoms in total. The van der Waals surface area contributed by atoms with Crippen molar-refractivity contribution in [1.29, 1.82) is 0 Å². The van der Waals surface area contributed by atoms with E-state index < -0.39 is 0 Å². The third kappa shape index (κ3) is 3.42. The summed E-state index contributed by atoms with van der Waals surface area (Å²) in [4.78, 5) is 14.3. The first-order valence-electron chi connectivity index (χ1n) is 7.43. The average Bonchev–Trinajstić information content (AvgIpc) is 3.13. The number of thiophene rings is 1. The number of methoxy groups -OCH3 is 1. The van der Waals surface area contributed by atoms with Gasteiger partial charge in [0.1, 0.15) is 18.1 Å². The molecule has 1 aliphatic rings. The normalized spacial score (nSPS) is 12.8. The van der Waals surface area contributed by atoms with E-state index in [4.69, 9.17) is 9.47 Å². The summed E-state index contributed by atoms with van der Waals surface area (Å²) in [6, 6.07) is 9.43. The second kappa shape index (κ2) is 6.83. The van der Waals surface area contributed by atoms with Crippen molar-refractivity contribution in [2.24, 2.45) is 0 Å². The quantitative estimate of drug-likeness (QED) is 0.833. The molecule has 22 heavy (non-hydrogen) atoms. The van der Waals surface area contributed by atoms with Crippen molar-refractivity contribution in [3.63, 3.8) is 0 Å². The van der Waals surface area contributed by atoms with Crippen molar-refractivity contribution in [2.75, 3.05) is 20.3 Å². The van der Waals surface area contributed by atoms with Crippen LogP contribution in [0.25, 0.3) is 0 Å². The van der Waals surface area contributed by atoms with E-state index in [2.05, 4.69) is 5.32 Å². The van der Waals surface area contributed by atoms with Gasteiger partial charge in [-0.3, -0.25) is 4.79 Å². The van der Waals surface area contributed by atoms with Crippen molar-refractivity contribution >= 4 is 17.2 Å². The van der Waals surface area contributed by atoms with Crippen LogP contribution in [-0.2, 0) is 12.8 Å². The Morgan fingerprint density at radius 3 is 2.73 bits per heavy atom. The van der Waals surface area contributed by atoms with Gasteiger partial charge in [-0.2, -0.15) is 0 Å². The number of carbonyl (C=O) groups is 1. The lowest BCUT2D eigenvalue weighted by molar-refractivity contribution is 0.0951. The molecule has 116 valence electrons. The van der Waals surface area contributed by atoms with Crippen LogP contribution in [0.15, 0.2) is 30.3 Å². The molecule has 3 rings (SSSR count). The zero-order valence-electron chi connectivity index (χ0n) is 12.6. The standard InChI is InChI=1S/C17H19NO3S/c1-20-13-5-7-14(8-6-13)21-10-9-18-17(19)16-11-12-3-2-4-15(12)22-16/h5-8,11H,2-4,9-10H2,1H3,(H,18,19). The van der Waals surface area contributed by atoms with Crippen molar-refractivity contribution < 1.29 is 14.3 Å². The number of nitrogens with one attached hydrogen (secondary N) is 1. The number of carbonyl (C=O) groups excluding carboxylic acids is 1. The van der Waals surface area contributed by atoms with Gasteiger partial charge in [0, 0.05) is 4.88 Å². The molecule has 0 aliphatic heterocycles. The van der Waals surface area contributed by atoms with Crippen LogP contribution in [0.1, 0.15) is 26.5 Å². The van der Waals surface area contributed by atoms with E-state index in [0.29, 0.717) is 13.2 Å². The predicted octanol–water partition coefficient (Wildman–Crippen LogP) is 3.05. The van der Waals surface area contributed by atoms with E-state index in [0.717, 1.165) is 29.2 Å². The van der Waals surface area contributed by atoms with Crippen LogP contribution < -0.4 is 14.8 Å². The number of hydrogen-bond acceptors (Lipinski definition) is 4. The maximum absolute atomic E-state index is 12.1. The minimum Gasteiger partial charge on any atom is -0.497 e. The molecule has 1 amide bonds. The molecule has 0 atom stereocenters. The van der Waals surface area contributed by atoms with E-state index in [-0.39, 0.29) is 5.91 Å². The molecule has 1 aromatic heterocycles. The van der Waals surface area contributed by atoms with E-state index in [1.807, 2.05) is 30.3 Å². The Morgan fingerprint density at radius 2 is 2.00 bits per heavy atom. The van der Waals surface area contributed by atoms with Gasteiger partial charge in [-0.1, -0.05) is 0 Å². The molecule has 0 saturated heterocycles. The first kappa shape index (κ1) is 14.9. The van der Waals surface area contributed by atoms with E-state index in [1.165, 1.54) is 16.9 Å². The molecule has 1 aliphatic carbocycles. The molecular formula is C17H19NO3S. The number of ether oxygens (including phenoxy) is 2. The van der Waals surface area contributed by atoms with Gasteiger partial charge in [0.2, 0.25) is 0 Å². The largest absolute Gasteiger partial charge is 0.497 e. The molecule has 0 saturated carbocycles. The fraction of sp³-hybridized carbons (Fsp3) is 0.353. The van der Waals surface area contributed by atoms with Crippen LogP contribution in [0.3, 0.4) is 0 Å². The Balaban J connectivity index is 1.43. The summed E-state index contributed by atoms with van der Waals surface area (Å²) in [5, 5.41) is 2.90. The number of benzene rings is 1. The van der Waals surface area contributed by atoms with Crippen LogP contribution >= 0.6 is 11.3 Å². The van der Waals surface area contributed by atoms with Crippen LogP contribution in [-0.4, -0.2) is 26.2 Å². The first-order chi connectivity index (χ1) is 10.8. The van der Waals surface area contributed by atoms with Crippen molar-refractivity contribution in [1.82, 2.24) is 5.32 Å². The average molecular weight is 317 g/mol. The third-order valence-electron chi connectivity index (χ3n) is 3.69. The SMILES string of the molecule is COc1ccc(OCCNC(=O)c2cc3c(s2)CCC3)cc1. The highest BCUT2D eigenvalue weighted by Crippen LogP contribution is 2.30. The van der Waals surface area contributed by atoms with Crippen LogP contribution in [0.4, 0.5) is 0 Å². The van der Waals surface area contributed by atoms with E-state index in [9.17, 15) is 4.79 Å². The second-order valence-electron chi connectivity index (χ2n) is 5.19. The Bertz CT molecular complexity index is 627. The van der Waals surface area contributed by atoms with E-state index >= 15 is 0 Å². The molecule has 1 N–H and O–H groups in total. The van der Waals surface area contributed by atoms with Crippen LogP contribution in [0, 0.1) is 0 Å². The van der Waals surface area contributed by atoms with Crippen molar-refractivity contribution in [2.45, 2.75) is 19.3 Å². The first-order valence-corrected chi connectivity index (χ1v) is 8.24. The van der Waals surface area contributed by atoms with Gasteiger partial charge < -0.3 is 14.8 Å². The van der Waals surface area contributed by atoms with Gasteiger partial charge in [0.25, 0.3) is 5.91 Å². The third-order valence-corrected chi connectivity index (χ3v) is 4.92. The topological polar surface area (TPSA) is 47.6 Å². The van der Waals surface area contributed by atoms with Gasteiger partial charge in [-0.25, -0.2) is 0 Å². The predicted molar refractivity (Wildman–Crippen MR) is 87.2 cm³/mol. The highest BCUT2D eigenvalue weighted by atomic mass is 32.1. The molecule has 0 spiro atoms. The summed E-state index contributed by atoms with van der Waals surface area (Å²) < 4.78 is 10.7. The summed E-state index contributed by atoms with van der Waals surface area (Å²) in [6.45, 7) is 0.941. The Kier molecular flexibility index (Phi) is 4.63. The summed E-state index contributed by atoms with van der Waals surface area (Å²) in [5.41, 5.74) is 1.35. The molecule has 0 fully saturated rings. The number of rotatable bonds is 6. The lowest BCUT2D eigenvalue weighted by Crippen LogP contribution is -2.27. The molecule has 2 aromatic rings. The molecular weight excluding hydrogens is 298 g/mol. The Labute approximate surface area is 134 Å². The van der Waals surface area contributed by atoms with Gasteiger partial charge >= 0.3 is 0 Å². The van der Waals surface area contributed by atoms with E-state index in [1.54, 1.807) is 18.4 Å². The number of aryl methyl sites for hydroxylation is 2. The number of amides is 1. The Hall–Kier alpha value is -2.01. The molecule has 1 heterocycles. The maximum atomic E-state index is 12.1. The monoisotopic (exact) mass is 317 g/mol. The van der Waals surface area contributed by atoms with Gasteiger partial charge in [-0.05, 0) is 55.2 Å². The van der Waals surface area contributed by atoms with Crippen molar-refractivity contribution in [3.8, 4) is 11.5 Å². The fourth-order valence-corrected chi connectivity index (χ4v) is 3.70. The highest BCUT2D eigenvalue weighted by molar-refractivity contribution is 7.14. The summed E-state index contributed by atoms with van der Waals surface area (Å²) in [7, 11) is 1.63. The smallest absolute Gasteiger partial charge is 0.261 e. The molecule has 0 unspecified atom stereocenters. The second-order valence-corrected chi connectivity index (χ2v) is 6.33. The molecule has 0 radical (unpaired) electrons. The summed E-state index contributed by atoms with van der Waals surface area (Å²) in [6.07, 6.45) is 3.45. The molecule has 1 aromatic carbocycles. The van der Waals surface area contributed by atoms with Gasteiger partial charge in [-0.15, -0.1) is 11.3 Å². The zero-order valence-corrected chi connectivity index (χ0v) is 13.4. The van der Waals surface area contributed by atoms with Gasteiger partial charge in [0.15, 0.2) is 0 Å². The molecule has 0 bridgehead atoms. The maximum Gasteiger partial charge on any atom is 0.261 e. The number of hydrogen-bond donors (Lipinski definition) is 1.